The zero-order chi connectivity index (χ0) is 34.2. The van der Waals surface area contributed by atoms with E-state index in [9.17, 15) is 28.1 Å². The molecule has 14 heteroatoms. The number of nitrogens with one attached hydrogen (secondary N) is 2. The van der Waals surface area contributed by atoms with Crippen LogP contribution in [0.15, 0.2) is 102 Å². The average molecular weight is 682 g/mol. The molecule has 47 heavy (non-hydrogen) atoms. The number of sulfonamides is 1. The summed E-state index contributed by atoms with van der Waals surface area (Å²) < 4.78 is 44.8. The van der Waals surface area contributed by atoms with Crippen molar-refractivity contribution < 1.29 is 37.1 Å². The summed E-state index contributed by atoms with van der Waals surface area (Å²) in [5.41, 5.74) is 0.0659. The molecule has 2 N–H and O–H groups in total. The number of halogens is 1. The summed E-state index contributed by atoms with van der Waals surface area (Å²) >= 11 is 5.79. The molecule has 0 saturated carbocycles. The van der Waals surface area contributed by atoms with Crippen molar-refractivity contribution in [3.63, 3.8) is 0 Å². The number of hydrogen-bond donors (Lipinski definition) is 2. The van der Waals surface area contributed by atoms with Crippen LogP contribution < -0.4 is 19.5 Å². The highest BCUT2D eigenvalue weighted by molar-refractivity contribution is 7.90. The third-order valence-electron chi connectivity index (χ3n) is 6.33. The molecule has 4 aromatic carbocycles. The first-order valence-corrected chi connectivity index (χ1v) is 16.1. The molecule has 0 fully saturated rings. The monoisotopic (exact) mass is 681 g/mol. The van der Waals surface area contributed by atoms with Crippen molar-refractivity contribution in [3.05, 3.63) is 123 Å². The molecule has 0 aromatic heterocycles. The number of hydrogen-bond acceptors (Lipinski definition) is 9. The van der Waals surface area contributed by atoms with E-state index in [1.807, 2.05) is 59.3 Å². The molecule has 0 aliphatic carbocycles. The first-order valence-electron chi connectivity index (χ1n) is 14.2. The molecule has 0 radical (unpaired) electrons. The number of carbonyl (C=O) groups is 2. The molecule has 0 unspecified atom stereocenters. The molecule has 4 rings (SSSR count). The lowest BCUT2D eigenvalue weighted by Gasteiger charge is -2.23. The Bertz CT molecular complexity index is 1830. The molecular weight excluding hydrogens is 650 g/mol. The Labute approximate surface area is 276 Å². The zero-order valence-corrected chi connectivity index (χ0v) is 27.2. The maximum Gasteiger partial charge on any atom is 0.408 e. The van der Waals surface area contributed by atoms with Crippen LogP contribution >= 0.6 is 11.6 Å². The summed E-state index contributed by atoms with van der Waals surface area (Å²) in [6, 6.07) is 26.2. The number of ether oxygens (including phenoxy) is 3. The predicted octanol–water partition coefficient (Wildman–Crippen LogP) is 6.56. The van der Waals surface area contributed by atoms with Gasteiger partial charge < -0.3 is 19.5 Å². The van der Waals surface area contributed by atoms with Crippen molar-refractivity contribution in [2.45, 2.75) is 50.3 Å². The maximum absolute atomic E-state index is 13.2. The van der Waals surface area contributed by atoms with Crippen LogP contribution in [-0.2, 0) is 32.6 Å². The van der Waals surface area contributed by atoms with Gasteiger partial charge in [-0.15, -0.1) is 0 Å². The van der Waals surface area contributed by atoms with Crippen molar-refractivity contribution in [2.75, 3.05) is 0 Å². The van der Waals surface area contributed by atoms with Gasteiger partial charge in [0.2, 0.25) is 0 Å². The number of nitro groups is 1. The van der Waals surface area contributed by atoms with Gasteiger partial charge in [-0.1, -0.05) is 54.1 Å². The van der Waals surface area contributed by atoms with Crippen LogP contribution in [0, 0.1) is 10.1 Å². The van der Waals surface area contributed by atoms with Gasteiger partial charge in [0.1, 0.15) is 28.9 Å². The molecule has 0 spiro atoms. The average Bonchev–Trinajstić information content (AvgIpc) is 3.00. The summed E-state index contributed by atoms with van der Waals surface area (Å²) in [5, 5.41) is 13.5. The predicted molar refractivity (Wildman–Crippen MR) is 174 cm³/mol. The SMILES string of the molecule is CC(C)(C)NC(=O)O[C@@H](Cc1ccc(OCc2ccc(Oc3ccccc3)cc2)cc1)C(=O)NS(=O)(=O)c1ccc(Cl)c([N+](=O)[O-])c1. The number of alkyl carbamates (subject to hydrolysis) is 1. The number of benzene rings is 4. The minimum absolute atomic E-state index is 0.192. The Morgan fingerprint density at radius 3 is 2.09 bits per heavy atom. The van der Waals surface area contributed by atoms with Gasteiger partial charge in [-0.3, -0.25) is 14.9 Å². The first-order chi connectivity index (χ1) is 22.2. The highest BCUT2D eigenvalue weighted by atomic mass is 35.5. The second-order valence-electron chi connectivity index (χ2n) is 11.3. The minimum atomic E-state index is -4.60. The summed E-state index contributed by atoms with van der Waals surface area (Å²) in [6.45, 7) is 5.37. The van der Waals surface area contributed by atoms with E-state index in [1.54, 1.807) is 45.0 Å². The van der Waals surface area contributed by atoms with E-state index in [0.717, 1.165) is 29.5 Å². The topological polar surface area (TPSA) is 163 Å². The Balaban J connectivity index is 1.42. The van der Waals surface area contributed by atoms with Gasteiger partial charge in [0.15, 0.2) is 6.10 Å². The van der Waals surface area contributed by atoms with E-state index < -0.39 is 49.2 Å². The first kappa shape index (κ1) is 34.7. The molecule has 0 bridgehead atoms. The molecule has 246 valence electrons. The third kappa shape index (κ3) is 10.4. The number of rotatable bonds is 12. The van der Waals surface area contributed by atoms with Crippen LogP contribution in [0.25, 0.3) is 0 Å². The van der Waals surface area contributed by atoms with Crippen molar-refractivity contribution in [2.24, 2.45) is 0 Å². The van der Waals surface area contributed by atoms with Crippen LogP contribution in [0.3, 0.4) is 0 Å². The fourth-order valence-corrected chi connectivity index (χ4v) is 5.30. The molecule has 0 aliphatic heterocycles. The summed E-state index contributed by atoms with van der Waals surface area (Å²) in [6.07, 6.45) is -2.72. The largest absolute Gasteiger partial charge is 0.489 e. The zero-order valence-electron chi connectivity index (χ0n) is 25.6. The number of nitrogens with zero attached hydrogens (tertiary/aromatic N) is 1. The van der Waals surface area contributed by atoms with Crippen LogP contribution in [0.4, 0.5) is 10.5 Å². The Kier molecular flexibility index (Phi) is 11.1. The minimum Gasteiger partial charge on any atom is -0.489 e. The van der Waals surface area contributed by atoms with E-state index in [1.165, 1.54) is 0 Å². The van der Waals surface area contributed by atoms with Gasteiger partial charge in [-0.2, -0.15) is 0 Å². The van der Waals surface area contributed by atoms with Crippen LogP contribution in [0.2, 0.25) is 5.02 Å². The fourth-order valence-electron chi connectivity index (χ4n) is 4.09. The quantitative estimate of drug-likeness (QED) is 0.124. The van der Waals surface area contributed by atoms with E-state index in [2.05, 4.69) is 5.32 Å². The van der Waals surface area contributed by atoms with Crippen molar-refractivity contribution >= 4 is 39.3 Å². The Morgan fingerprint density at radius 1 is 0.872 bits per heavy atom. The highest BCUT2D eigenvalue weighted by Gasteiger charge is 2.30. The highest BCUT2D eigenvalue weighted by Crippen LogP contribution is 2.27. The second kappa shape index (κ2) is 15.0. The van der Waals surface area contributed by atoms with Crippen LogP contribution in [0.1, 0.15) is 31.9 Å². The number of para-hydroxylation sites is 1. The lowest BCUT2D eigenvalue weighted by Crippen LogP contribution is -2.47. The number of carbonyl (C=O) groups excluding carboxylic acids is 2. The lowest BCUT2D eigenvalue weighted by atomic mass is 10.1. The summed E-state index contributed by atoms with van der Waals surface area (Å²) in [5.74, 6) is 0.777. The standard InChI is InChI=1S/C33H32ClN3O9S/c1-33(2,3)35-32(39)46-30(31(38)36-47(42,43)27-17-18-28(34)29(20-27)37(40)41)19-22-9-13-24(14-10-22)44-21-23-11-15-26(16-12-23)45-25-7-5-4-6-8-25/h4-18,20,30H,19,21H2,1-3H3,(H,35,39)(H,36,38)/t30-/m0/s1. The summed E-state index contributed by atoms with van der Waals surface area (Å²) in [7, 11) is -4.60. The number of nitro benzene ring substituents is 1. The molecule has 12 nitrogen and oxygen atoms in total. The molecule has 0 aliphatic rings. The molecule has 0 heterocycles. The van der Waals surface area contributed by atoms with E-state index in [0.29, 0.717) is 17.1 Å². The van der Waals surface area contributed by atoms with Gasteiger partial charge in [0.25, 0.3) is 21.6 Å². The van der Waals surface area contributed by atoms with Gasteiger partial charge >= 0.3 is 6.09 Å². The molecule has 1 atom stereocenters. The third-order valence-corrected chi connectivity index (χ3v) is 7.99. The smallest absolute Gasteiger partial charge is 0.408 e. The Morgan fingerprint density at radius 2 is 1.47 bits per heavy atom. The van der Waals surface area contributed by atoms with Gasteiger partial charge in [-0.05, 0) is 80.4 Å². The van der Waals surface area contributed by atoms with E-state index in [4.69, 9.17) is 25.8 Å². The van der Waals surface area contributed by atoms with Crippen molar-refractivity contribution in [3.8, 4) is 17.2 Å². The van der Waals surface area contributed by atoms with Gasteiger partial charge in [-0.25, -0.2) is 17.9 Å². The maximum atomic E-state index is 13.2. The van der Waals surface area contributed by atoms with Crippen LogP contribution in [0.5, 0.6) is 17.2 Å². The van der Waals surface area contributed by atoms with E-state index >= 15 is 0 Å². The lowest BCUT2D eigenvalue weighted by molar-refractivity contribution is -0.384. The summed E-state index contributed by atoms with van der Waals surface area (Å²) in [4.78, 5) is 35.6. The Hall–Kier alpha value is -5.14. The fraction of sp³-hybridized carbons (Fsp3) is 0.212. The van der Waals surface area contributed by atoms with Crippen molar-refractivity contribution in [1.82, 2.24) is 10.0 Å². The number of amides is 2. The van der Waals surface area contributed by atoms with Gasteiger partial charge in [0, 0.05) is 18.0 Å². The normalized spacial score (nSPS) is 12.0. The van der Waals surface area contributed by atoms with Crippen molar-refractivity contribution in [1.29, 1.82) is 0 Å². The molecular formula is C33H32ClN3O9S. The van der Waals surface area contributed by atoms with Crippen LogP contribution in [-0.4, -0.2) is 37.0 Å². The van der Waals surface area contributed by atoms with E-state index in [-0.39, 0.29) is 18.1 Å². The second-order valence-corrected chi connectivity index (χ2v) is 13.4. The molecule has 0 saturated heterocycles. The molecule has 2 amide bonds. The van der Waals surface area contributed by atoms with Gasteiger partial charge in [0.05, 0.1) is 9.82 Å². The molecule has 4 aromatic rings.